The van der Waals surface area contributed by atoms with Crippen molar-refractivity contribution in [3.05, 3.63) is 24.5 Å². The molecule has 1 aliphatic rings. The molecule has 0 aliphatic carbocycles. The van der Waals surface area contributed by atoms with Gasteiger partial charge in [0.2, 0.25) is 5.91 Å². The molecule has 0 bridgehead atoms. The Bertz CT molecular complexity index is 770. The molecule has 3 heterocycles. The number of nitrogens with zero attached hydrogens (tertiary/aromatic N) is 3. The van der Waals surface area contributed by atoms with Crippen LogP contribution < -0.4 is 11.1 Å². The van der Waals surface area contributed by atoms with Gasteiger partial charge in [-0.3, -0.25) is 24.3 Å². The van der Waals surface area contributed by atoms with Gasteiger partial charge in [0.25, 0.3) is 5.91 Å². The predicted octanol–water partition coefficient (Wildman–Crippen LogP) is 0.996. The van der Waals surface area contributed by atoms with Gasteiger partial charge in [-0.1, -0.05) is 7.43 Å². The fourth-order valence-electron chi connectivity index (χ4n) is 1.80. The summed E-state index contributed by atoms with van der Waals surface area (Å²) in [7, 11) is 0. The van der Waals surface area contributed by atoms with Gasteiger partial charge in [0.1, 0.15) is 24.5 Å². The van der Waals surface area contributed by atoms with Crippen LogP contribution in [0.2, 0.25) is 0 Å². The molecule has 0 saturated carbocycles. The standard InChI is InChI=1S/C7H12O4.C6H5N3O2.C3H5N3.CH4/c1-3-10-6(8)5-7(9)11-4-2;10-5-3-6(11)9-4(8-5)1-2-7-9;4-3-1-2-5-6-3;/h3-5H2,1-2H3;1-2H,3H2,(H,8,10);1-2H,(H3,4,5,6);1H4. The highest BCUT2D eigenvalue weighted by molar-refractivity contribution is 6.08. The van der Waals surface area contributed by atoms with Crippen LogP contribution >= 0.6 is 0 Å². The number of fused-ring (bicyclic) bond motifs is 1. The summed E-state index contributed by atoms with van der Waals surface area (Å²) < 4.78 is 10.2. The second-order valence-electron chi connectivity index (χ2n) is 5.05. The van der Waals surface area contributed by atoms with Crippen LogP contribution in [-0.4, -0.2) is 56.9 Å². The van der Waals surface area contributed by atoms with Crippen molar-refractivity contribution in [2.45, 2.75) is 34.1 Å². The number of ether oxygens (including phenoxy) is 2. The summed E-state index contributed by atoms with van der Waals surface area (Å²) in [4.78, 5) is 43.0. The molecule has 12 heteroatoms. The van der Waals surface area contributed by atoms with Gasteiger partial charge < -0.3 is 20.5 Å². The van der Waals surface area contributed by atoms with E-state index in [0.29, 0.717) is 11.6 Å². The van der Waals surface area contributed by atoms with Gasteiger partial charge in [0.05, 0.1) is 25.6 Å². The molecule has 4 N–H and O–H groups in total. The smallest absolute Gasteiger partial charge is 0.317 e. The molecule has 29 heavy (non-hydrogen) atoms. The molecule has 2 aromatic rings. The van der Waals surface area contributed by atoms with Crippen LogP contribution in [0.25, 0.3) is 0 Å². The first-order valence-corrected chi connectivity index (χ1v) is 8.30. The zero-order valence-corrected chi connectivity index (χ0v) is 15.5. The number of nitrogen functional groups attached to an aromatic ring is 1. The summed E-state index contributed by atoms with van der Waals surface area (Å²) in [6.07, 6.45) is 2.67. The third-order valence-corrected chi connectivity index (χ3v) is 2.88. The molecule has 160 valence electrons. The molecular formula is C17H26N6O6. The number of H-pyrrole nitrogens is 1. The molecular weight excluding hydrogens is 384 g/mol. The minimum atomic E-state index is -0.536. The lowest BCUT2D eigenvalue weighted by Crippen LogP contribution is -2.29. The van der Waals surface area contributed by atoms with Crippen molar-refractivity contribution in [3.8, 4) is 0 Å². The maximum atomic E-state index is 11.0. The maximum Gasteiger partial charge on any atom is 0.317 e. The average Bonchev–Trinajstić information content (AvgIpc) is 3.27. The third kappa shape index (κ3) is 9.70. The average molecular weight is 410 g/mol. The quantitative estimate of drug-likeness (QED) is 0.491. The Hall–Kier alpha value is -3.70. The molecule has 3 rings (SSSR count). The largest absolute Gasteiger partial charge is 0.466 e. The maximum absolute atomic E-state index is 11.0. The normalized spacial score (nSPS) is 11.2. The topological polar surface area (TPSA) is 171 Å². The van der Waals surface area contributed by atoms with Crippen LogP contribution in [-0.2, 0) is 23.9 Å². The van der Waals surface area contributed by atoms with Gasteiger partial charge in [-0.2, -0.15) is 14.9 Å². The van der Waals surface area contributed by atoms with E-state index in [9.17, 15) is 19.2 Å². The number of hydrogen-bond acceptors (Lipinski definition) is 9. The minimum Gasteiger partial charge on any atom is -0.466 e. The van der Waals surface area contributed by atoms with Crippen LogP contribution in [0.3, 0.4) is 0 Å². The first kappa shape index (κ1) is 25.3. The lowest BCUT2D eigenvalue weighted by atomic mass is 10.3. The minimum absolute atomic E-state index is 0. The monoisotopic (exact) mass is 410 g/mol. The Balaban J connectivity index is 0.000000415. The Morgan fingerprint density at radius 3 is 2.21 bits per heavy atom. The van der Waals surface area contributed by atoms with E-state index in [4.69, 9.17) is 5.73 Å². The number of nitrogens with one attached hydrogen (secondary N) is 2. The van der Waals surface area contributed by atoms with E-state index in [1.54, 1.807) is 32.2 Å². The number of carbonyl (C=O) groups excluding carboxylic acids is 4. The van der Waals surface area contributed by atoms with Crippen LogP contribution in [0.5, 0.6) is 0 Å². The number of hydrogen-bond donors (Lipinski definition) is 3. The van der Waals surface area contributed by atoms with Crippen molar-refractivity contribution in [2.75, 3.05) is 24.3 Å². The molecule has 0 radical (unpaired) electrons. The summed E-state index contributed by atoms with van der Waals surface area (Å²) in [5.74, 6) is -0.574. The Morgan fingerprint density at radius 2 is 1.76 bits per heavy atom. The van der Waals surface area contributed by atoms with Crippen molar-refractivity contribution >= 4 is 35.4 Å². The highest BCUT2D eigenvalue weighted by Gasteiger charge is 2.21. The summed E-state index contributed by atoms with van der Waals surface area (Å²) in [6.45, 7) is 3.95. The van der Waals surface area contributed by atoms with Crippen molar-refractivity contribution < 1.29 is 28.7 Å². The molecule has 12 nitrogen and oxygen atoms in total. The Kier molecular flexibility index (Phi) is 11.7. The van der Waals surface area contributed by atoms with E-state index < -0.39 is 11.9 Å². The first-order valence-electron chi connectivity index (χ1n) is 8.30. The van der Waals surface area contributed by atoms with E-state index >= 15 is 0 Å². The fraction of sp³-hybridized carbons (Fsp3) is 0.412. The van der Waals surface area contributed by atoms with Crippen molar-refractivity contribution in [1.29, 1.82) is 0 Å². The van der Waals surface area contributed by atoms with E-state index in [-0.39, 0.29) is 45.3 Å². The SMILES string of the molecule is C.CCOC(=O)CC(=O)OCC.Nc1ccn[nH]1.O=C1CC(=O)n2nccc2N1. The van der Waals surface area contributed by atoms with Gasteiger partial charge in [0.15, 0.2) is 0 Å². The molecule has 0 saturated heterocycles. The summed E-state index contributed by atoms with van der Waals surface area (Å²) in [5, 5.41) is 12.3. The highest BCUT2D eigenvalue weighted by atomic mass is 16.5. The molecule has 0 unspecified atom stereocenters. The molecule has 1 amide bonds. The van der Waals surface area contributed by atoms with Crippen LogP contribution in [0, 0.1) is 0 Å². The van der Waals surface area contributed by atoms with Gasteiger partial charge in [-0.15, -0.1) is 0 Å². The number of nitrogens with two attached hydrogens (primary N) is 1. The second kappa shape index (κ2) is 13.5. The Labute approximate surface area is 167 Å². The van der Waals surface area contributed by atoms with E-state index in [0.717, 1.165) is 0 Å². The third-order valence-electron chi connectivity index (χ3n) is 2.88. The van der Waals surface area contributed by atoms with Crippen LogP contribution in [0.4, 0.5) is 11.6 Å². The van der Waals surface area contributed by atoms with Gasteiger partial charge in [0, 0.05) is 6.07 Å². The summed E-state index contributed by atoms with van der Waals surface area (Å²) in [6, 6.07) is 3.27. The van der Waals surface area contributed by atoms with Crippen LogP contribution in [0.1, 0.15) is 38.9 Å². The van der Waals surface area contributed by atoms with E-state index in [1.807, 2.05) is 0 Å². The number of aromatic nitrogens is 4. The summed E-state index contributed by atoms with van der Waals surface area (Å²) >= 11 is 0. The predicted molar refractivity (Wildman–Crippen MR) is 104 cm³/mol. The molecule has 0 atom stereocenters. The number of carbonyl (C=O) groups is 4. The first-order chi connectivity index (χ1) is 13.4. The number of aromatic amines is 1. The van der Waals surface area contributed by atoms with E-state index in [1.165, 1.54) is 10.9 Å². The number of rotatable bonds is 4. The molecule has 0 fully saturated rings. The fourth-order valence-corrected chi connectivity index (χ4v) is 1.80. The number of esters is 2. The lowest BCUT2D eigenvalue weighted by Gasteiger charge is -2.11. The summed E-state index contributed by atoms with van der Waals surface area (Å²) in [5.41, 5.74) is 5.16. The molecule has 2 aromatic heterocycles. The zero-order valence-electron chi connectivity index (χ0n) is 15.5. The molecule has 1 aliphatic heterocycles. The van der Waals surface area contributed by atoms with E-state index in [2.05, 4.69) is 30.1 Å². The number of amides is 1. The highest BCUT2D eigenvalue weighted by Crippen LogP contribution is 2.11. The van der Waals surface area contributed by atoms with Crippen LogP contribution in [0.15, 0.2) is 24.5 Å². The lowest BCUT2D eigenvalue weighted by molar-refractivity contribution is -0.153. The second-order valence-corrected chi connectivity index (χ2v) is 5.05. The number of anilines is 2. The van der Waals surface area contributed by atoms with Crippen molar-refractivity contribution in [3.63, 3.8) is 0 Å². The zero-order chi connectivity index (χ0) is 20.9. The van der Waals surface area contributed by atoms with Gasteiger partial charge >= 0.3 is 11.9 Å². The molecule has 0 aromatic carbocycles. The van der Waals surface area contributed by atoms with Crippen molar-refractivity contribution in [1.82, 2.24) is 20.0 Å². The molecule has 0 spiro atoms. The Morgan fingerprint density at radius 1 is 1.14 bits per heavy atom. The van der Waals surface area contributed by atoms with Gasteiger partial charge in [-0.05, 0) is 19.9 Å². The van der Waals surface area contributed by atoms with Crippen molar-refractivity contribution in [2.24, 2.45) is 0 Å². The van der Waals surface area contributed by atoms with Gasteiger partial charge in [-0.25, -0.2) is 0 Å².